The summed E-state index contributed by atoms with van der Waals surface area (Å²) in [6.07, 6.45) is -3.60. The van der Waals surface area contributed by atoms with E-state index in [0.29, 0.717) is 11.3 Å². The van der Waals surface area contributed by atoms with Crippen molar-refractivity contribution < 1.29 is 22.7 Å². The van der Waals surface area contributed by atoms with Crippen molar-refractivity contribution in [3.05, 3.63) is 56.0 Å². The van der Waals surface area contributed by atoms with Crippen LogP contribution < -0.4 is 21.3 Å². The molecule has 33 heavy (non-hydrogen) atoms. The third-order valence-corrected chi connectivity index (χ3v) is 5.72. The predicted molar refractivity (Wildman–Crippen MR) is 118 cm³/mol. The molecule has 174 valence electrons. The summed E-state index contributed by atoms with van der Waals surface area (Å²) in [5.74, 6) is -0.971. The number of aromatic amines is 1. The predicted octanol–water partition coefficient (Wildman–Crippen LogP) is 3.21. The van der Waals surface area contributed by atoms with Gasteiger partial charge in [0.2, 0.25) is 5.91 Å². The number of alkyl halides is 3. The van der Waals surface area contributed by atoms with Gasteiger partial charge in [-0.25, -0.2) is 9.78 Å². The Hall–Kier alpha value is -3.39. The largest absolute Gasteiger partial charge is 0.573 e. The molecule has 0 aliphatic rings. The lowest BCUT2D eigenvalue weighted by Gasteiger charge is -2.09. The summed E-state index contributed by atoms with van der Waals surface area (Å²) in [4.78, 5) is 43.2. The highest BCUT2D eigenvalue weighted by atomic mass is 32.2. The summed E-state index contributed by atoms with van der Waals surface area (Å²) in [6.45, 7) is 0. The molecule has 0 spiro atoms. The van der Waals surface area contributed by atoms with Gasteiger partial charge in [0.05, 0.1) is 28.4 Å². The summed E-state index contributed by atoms with van der Waals surface area (Å²) in [5, 5.41) is 12.7. The van der Waals surface area contributed by atoms with Crippen molar-refractivity contribution in [3.63, 3.8) is 0 Å². The fraction of sp³-hybridized carbons (Fsp3) is 0.211. The topological polar surface area (TPSA) is 130 Å². The molecule has 14 heteroatoms. The minimum absolute atomic E-state index is 0.0688. The molecule has 0 fully saturated rings. The van der Waals surface area contributed by atoms with E-state index in [1.807, 2.05) is 0 Å². The molecule has 1 amide bonds. The van der Waals surface area contributed by atoms with Gasteiger partial charge in [0.15, 0.2) is 5.13 Å². The van der Waals surface area contributed by atoms with Crippen LogP contribution in [0, 0.1) is 5.41 Å². The number of amides is 1. The van der Waals surface area contributed by atoms with Crippen LogP contribution >= 0.6 is 23.1 Å². The lowest BCUT2D eigenvalue weighted by Crippen LogP contribution is -2.37. The minimum atomic E-state index is -4.79. The highest BCUT2D eigenvalue weighted by Gasteiger charge is 2.31. The molecule has 0 bridgehead atoms. The monoisotopic (exact) mass is 499 g/mol. The van der Waals surface area contributed by atoms with Crippen LogP contribution in [0.1, 0.15) is 12.0 Å². The van der Waals surface area contributed by atoms with Gasteiger partial charge in [0.1, 0.15) is 5.75 Å². The Morgan fingerprint density at radius 3 is 2.58 bits per heavy atom. The first-order valence-electron chi connectivity index (χ1n) is 9.05. The fourth-order valence-corrected chi connectivity index (χ4v) is 4.06. The van der Waals surface area contributed by atoms with Crippen molar-refractivity contribution in [3.8, 4) is 17.0 Å². The first kappa shape index (κ1) is 24.3. The zero-order chi connectivity index (χ0) is 24.3. The number of hydrogen-bond donors (Lipinski definition) is 3. The molecule has 9 nitrogen and oxygen atoms in total. The van der Waals surface area contributed by atoms with Crippen LogP contribution in [-0.2, 0) is 11.8 Å². The van der Waals surface area contributed by atoms with Gasteiger partial charge in [-0.05, 0) is 30.5 Å². The zero-order valence-electron chi connectivity index (χ0n) is 17.1. The van der Waals surface area contributed by atoms with Gasteiger partial charge in [0.25, 0.3) is 5.56 Å². The summed E-state index contributed by atoms with van der Waals surface area (Å²) >= 11 is 2.16. The highest BCUT2D eigenvalue weighted by molar-refractivity contribution is 7.98. The number of ether oxygens (including phenoxy) is 1. The molecule has 3 rings (SSSR count). The molecule has 3 N–H and O–H groups in total. The average Bonchev–Trinajstić information content (AvgIpc) is 3.19. The van der Waals surface area contributed by atoms with E-state index in [9.17, 15) is 27.6 Å². The Morgan fingerprint density at radius 1 is 1.30 bits per heavy atom. The number of hydrogen-bond acceptors (Lipinski definition) is 8. The Bertz CT molecular complexity index is 1310. The summed E-state index contributed by atoms with van der Waals surface area (Å²) in [5.41, 5.74) is -0.723. The van der Waals surface area contributed by atoms with Crippen molar-refractivity contribution in [2.45, 2.75) is 17.8 Å². The van der Waals surface area contributed by atoms with Crippen LogP contribution in [0.25, 0.3) is 11.3 Å². The zero-order valence-corrected chi connectivity index (χ0v) is 18.7. The van der Waals surface area contributed by atoms with Crippen molar-refractivity contribution in [2.75, 3.05) is 11.6 Å². The van der Waals surface area contributed by atoms with Crippen LogP contribution in [0.4, 0.5) is 18.3 Å². The van der Waals surface area contributed by atoms with Gasteiger partial charge in [-0.15, -0.1) is 36.3 Å². The van der Waals surface area contributed by atoms with Gasteiger partial charge in [-0.3, -0.25) is 14.2 Å². The van der Waals surface area contributed by atoms with E-state index >= 15 is 0 Å². The van der Waals surface area contributed by atoms with Gasteiger partial charge in [-0.2, -0.15) is 0 Å². The second-order valence-electron chi connectivity index (χ2n) is 6.52. The van der Waals surface area contributed by atoms with E-state index in [0.717, 1.165) is 39.8 Å². The molecule has 3 aromatic rings. The molecule has 0 aliphatic heterocycles. The SMILES string of the molecule is CSc1[nH]c(=O)n(C)c(=O)c1C(=N)CC(=O)Nc1nc(-c2ccc(OC(F)(F)F)cc2)cs1. The number of halogens is 3. The maximum Gasteiger partial charge on any atom is 0.573 e. The number of thiazole rings is 1. The van der Waals surface area contributed by atoms with Crippen LogP contribution in [0.15, 0.2) is 44.3 Å². The molecule has 0 unspecified atom stereocenters. The summed E-state index contributed by atoms with van der Waals surface area (Å²) in [6, 6.07) is 5.09. The number of carbonyl (C=O) groups excluding carboxylic acids is 1. The molecule has 0 aliphatic carbocycles. The quantitative estimate of drug-likeness (QED) is 0.260. The first-order chi connectivity index (χ1) is 15.5. The molecule has 0 saturated carbocycles. The van der Waals surface area contributed by atoms with Gasteiger partial charge in [0, 0.05) is 18.0 Å². The molecular weight excluding hydrogens is 483 g/mol. The molecule has 0 atom stereocenters. The molecule has 1 aromatic carbocycles. The van der Waals surface area contributed by atoms with Crippen LogP contribution in [-0.4, -0.2) is 38.8 Å². The van der Waals surface area contributed by atoms with Crippen LogP contribution in [0.5, 0.6) is 5.75 Å². The molecule has 2 heterocycles. The van der Waals surface area contributed by atoms with E-state index in [1.54, 1.807) is 11.6 Å². The number of carbonyl (C=O) groups is 1. The first-order valence-corrected chi connectivity index (χ1v) is 11.2. The lowest BCUT2D eigenvalue weighted by atomic mass is 10.1. The maximum atomic E-state index is 12.4. The van der Waals surface area contributed by atoms with Crippen LogP contribution in [0.3, 0.4) is 0 Å². The van der Waals surface area contributed by atoms with Crippen LogP contribution in [0.2, 0.25) is 0 Å². The average molecular weight is 499 g/mol. The van der Waals surface area contributed by atoms with E-state index in [2.05, 4.69) is 20.0 Å². The van der Waals surface area contributed by atoms with Crippen molar-refractivity contribution in [1.29, 1.82) is 5.41 Å². The number of rotatable bonds is 7. The minimum Gasteiger partial charge on any atom is -0.406 e. The number of thioether (sulfide) groups is 1. The van der Waals surface area contributed by atoms with Gasteiger partial charge in [-0.1, -0.05) is 0 Å². The number of aromatic nitrogens is 3. The van der Waals surface area contributed by atoms with E-state index in [-0.39, 0.29) is 27.2 Å². The second kappa shape index (κ2) is 9.62. The third kappa shape index (κ3) is 5.90. The Labute approximate surface area is 192 Å². The smallest absolute Gasteiger partial charge is 0.406 e. The molecular formula is C19H16F3N5O4S2. The third-order valence-electron chi connectivity index (χ3n) is 4.25. The highest BCUT2D eigenvalue weighted by Crippen LogP contribution is 2.28. The Morgan fingerprint density at radius 2 is 1.97 bits per heavy atom. The van der Waals surface area contributed by atoms with Crippen molar-refractivity contribution in [2.24, 2.45) is 7.05 Å². The second-order valence-corrected chi connectivity index (χ2v) is 8.19. The number of nitrogens with zero attached hydrogens (tertiary/aromatic N) is 2. The number of nitrogens with one attached hydrogen (secondary N) is 3. The molecule has 0 saturated heterocycles. The number of H-pyrrole nitrogens is 1. The summed E-state index contributed by atoms with van der Waals surface area (Å²) < 4.78 is 41.4. The Kier molecular flexibility index (Phi) is 7.07. The van der Waals surface area contributed by atoms with Gasteiger partial charge >= 0.3 is 12.1 Å². The molecule has 0 radical (unpaired) electrons. The Balaban J connectivity index is 1.69. The standard InChI is InChI=1S/C19H16F3N5O4S2/c1-27-16(29)14(15(32-2)26-18(27)30)11(23)7-13(28)25-17-24-12(8-33-17)9-3-5-10(6-4-9)31-19(20,21)22/h3-6,8,23H,7H2,1-2H3,(H,26,30)(H,24,25,28). The van der Waals surface area contributed by atoms with Crippen molar-refractivity contribution >= 4 is 39.8 Å². The molecule has 2 aromatic heterocycles. The van der Waals surface area contributed by atoms with E-state index in [1.165, 1.54) is 19.2 Å². The van der Waals surface area contributed by atoms with E-state index < -0.39 is 29.9 Å². The van der Waals surface area contributed by atoms with Crippen molar-refractivity contribution in [1.82, 2.24) is 14.5 Å². The summed E-state index contributed by atoms with van der Waals surface area (Å²) in [7, 11) is 1.26. The normalized spacial score (nSPS) is 11.3. The van der Waals surface area contributed by atoms with E-state index in [4.69, 9.17) is 5.41 Å². The number of benzene rings is 1. The number of anilines is 1. The fourth-order valence-electron chi connectivity index (χ4n) is 2.72. The van der Waals surface area contributed by atoms with Gasteiger partial charge < -0.3 is 20.4 Å². The maximum absolute atomic E-state index is 12.4. The lowest BCUT2D eigenvalue weighted by molar-refractivity contribution is -0.274.